The summed E-state index contributed by atoms with van der Waals surface area (Å²) in [5, 5.41) is 0. The maximum Gasteiger partial charge on any atom is 0.243 e. The van der Waals surface area contributed by atoms with Gasteiger partial charge in [-0.2, -0.15) is 4.31 Å². The first kappa shape index (κ1) is 22.1. The summed E-state index contributed by atoms with van der Waals surface area (Å²) in [7, 11) is -3.63. The number of benzene rings is 3. The number of hydrogen-bond donors (Lipinski definition) is 0. The van der Waals surface area contributed by atoms with Gasteiger partial charge in [0, 0.05) is 18.7 Å². The third-order valence-corrected chi connectivity index (χ3v) is 8.05. The zero-order chi connectivity index (χ0) is 22.8. The van der Waals surface area contributed by atoms with Crippen molar-refractivity contribution >= 4 is 10.0 Å². The standard InChI is InChI=1S/C26H26FNO4S/c27-24-6-1-3-19(14-24)17-31-18-20-7-10-26-23(13-20)16-28(11-12-32-26)33(29,30)25-9-8-21-4-2-5-22(21)15-25/h1,3,6-10,13-15H,2,4-5,11-12,16-18H2. The Balaban J connectivity index is 1.31. The average Bonchev–Trinajstić information content (AvgIpc) is 3.17. The predicted molar refractivity (Wildman–Crippen MR) is 123 cm³/mol. The van der Waals surface area contributed by atoms with E-state index in [2.05, 4.69) is 0 Å². The molecule has 7 heteroatoms. The van der Waals surface area contributed by atoms with Crippen LogP contribution in [0.2, 0.25) is 0 Å². The highest BCUT2D eigenvalue weighted by atomic mass is 32.2. The minimum absolute atomic E-state index is 0.243. The predicted octanol–water partition coefficient (Wildman–Crippen LogP) is 4.61. The molecular weight excluding hydrogens is 441 g/mol. The third-order valence-electron chi connectivity index (χ3n) is 6.20. The summed E-state index contributed by atoms with van der Waals surface area (Å²) in [4.78, 5) is 0.348. The molecule has 172 valence electrons. The summed E-state index contributed by atoms with van der Waals surface area (Å²) in [6, 6.07) is 17.5. The summed E-state index contributed by atoms with van der Waals surface area (Å²) < 4.78 is 53.2. The molecule has 5 rings (SSSR count). The first-order valence-electron chi connectivity index (χ1n) is 11.2. The molecule has 0 saturated carbocycles. The van der Waals surface area contributed by atoms with Crippen LogP contribution in [0.25, 0.3) is 0 Å². The van der Waals surface area contributed by atoms with Crippen molar-refractivity contribution in [2.45, 2.75) is 43.9 Å². The van der Waals surface area contributed by atoms with Gasteiger partial charge in [0.1, 0.15) is 18.2 Å². The van der Waals surface area contributed by atoms with Gasteiger partial charge in [0.25, 0.3) is 0 Å². The number of ether oxygens (including phenoxy) is 2. The van der Waals surface area contributed by atoms with E-state index >= 15 is 0 Å². The van der Waals surface area contributed by atoms with Gasteiger partial charge < -0.3 is 9.47 Å². The van der Waals surface area contributed by atoms with E-state index < -0.39 is 10.0 Å². The van der Waals surface area contributed by atoms with E-state index in [1.165, 1.54) is 22.0 Å². The molecule has 0 fully saturated rings. The molecule has 0 atom stereocenters. The Bertz CT molecular complexity index is 1280. The van der Waals surface area contributed by atoms with Gasteiger partial charge in [-0.15, -0.1) is 0 Å². The fraction of sp³-hybridized carbons (Fsp3) is 0.308. The molecule has 3 aromatic carbocycles. The van der Waals surface area contributed by atoms with E-state index in [4.69, 9.17) is 9.47 Å². The highest BCUT2D eigenvalue weighted by Gasteiger charge is 2.29. The lowest BCUT2D eigenvalue weighted by atomic mass is 10.1. The van der Waals surface area contributed by atoms with Crippen molar-refractivity contribution in [1.82, 2.24) is 4.31 Å². The molecule has 0 saturated heterocycles. The zero-order valence-electron chi connectivity index (χ0n) is 18.3. The smallest absolute Gasteiger partial charge is 0.243 e. The second-order valence-electron chi connectivity index (χ2n) is 8.54. The molecule has 1 aliphatic carbocycles. The van der Waals surface area contributed by atoms with Crippen molar-refractivity contribution in [1.29, 1.82) is 0 Å². The summed E-state index contributed by atoms with van der Waals surface area (Å²) >= 11 is 0. The van der Waals surface area contributed by atoms with Crippen LogP contribution in [0, 0.1) is 5.82 Å². The van der Waals surface area contributed by atoms with Crippen molar-refractivity contribution in [2.24, 2.45) is 0 Å². The SMILES string of the molecule is O=S(=O)(c1ccc2c(c1)CCC2)N1CCOc2ccc(COCc3cccc(F)c3)cc2C1. The monoisotopic (exact) mass is 467 g/mol. The second kappa shape index (κ2) is 9.25. The highest BCUT2D eigenvalue weighted by Crippen LogP contribution is 2.30. The topological polar surface area (TPSA) is 55.8 Å². The number of sulfonamides is 1. The number of hydrogen-bond acceptors (Lipinski definition) is 4. The van der Waals surface area contributed by atoms with Gasteiger partial charge in [-0.05, 0) is 77.9 Å². The van der Waals surface area contributed by atoms with Gasteiger partial charge in [-0.3, -0.25) is 0 Å². The van der Waals surface area contributed by atoms with Crippen LogP contribution in [0.15, 0.2) is 65.6 Å². The van der Waals surface area contributed by atoms with Crippen LogP contribution >= 0.6 is 0 Å². The van der Waals surface area contributed by atoms with Crippen molar-refractivity contribution in [3.63, 3.8) is 0 Å². The van der Waals surface area contributed by atoms with Crippen LogP contribution in [0.5, 0.6) is 5.75 Å². The number of aryl methyl sites for hydroxylation is 2. The summed E-state index contributed by atoms with van der Waals surface area (Å²) in [5.74, 6) is 0.401. The largest absolute Gasteiger partial charge is 0.492 e. The van der Waals surface area contributed by atoms with Crippen LogP contribution in [0.4, 0.5) is 4.39 Å². The van der Waals surface area contributed by atoms with Gasteiger partial charge >= 0.3 is 0 Å². The van der Waals surface area contributed by atoms with E-state index in [-0.39, 0.29) is 12.4 Å². The van der Waals surface area contributed by atoms with Gasteiger partial charge in [-0.25, -0.2) is 12.8 Å². The van der Waals surface area contributed by atoms with Crippen LogP contribution < -0.4 is 4.74 Å². The number of rotatable bonds is 6. The van der Waals surface area contributed by atoms with Crippen LogP contribution in [-0.4, -0.2) is 25.9 Å². The fourth-order valence-corrected chi connectivity index (χ4v) is 5.94. The molecule has 1 heterocycles. The van der Waals surface area contributed by atoms with E-state index in [0.29, 0.717) is 37.0 Å². The van der Waals surface area contributed by atoms with E-state index in [1.54, 1.807) is 12.1 Å². The molecule has 5 nitrogen and oxygen atoms in total. The van der Waals surface area contributed by atoms with Gasteiger partial charge in [-0.1, -0.05) is 24.3 Å². The number of fused-ring (bicyclic) bond motifs is 2. The molecular formula is C26H26FNO4S. The minimum Gasteiger partial charge on any atom is -0.492 e. The summed E-state index contributed by atoms with van der Waals surface area (Å²) in [6.07, 6.45) is 3.03. The Labute approximate surface area is 193 Å². The summed E-state index contributed by atoms with van der Waals surface area (Å²) in [5.41, 5.74) is 4.87. The molecule has 0 radical (unpaired) electrons. The maximum atomic E-state index is 13.4. The van der Waals surface area contributed by atoms with Gasteiger partial charge in [0.05, 0.1) is 18.1 Å². The minimum atomic E-state index is -3.63. The maximum absolute atomic E-state index is 13.4. The Morgan fingerprint density at radius 1 is 0.909 bits per heavy atom. The lowest BCUT2D eigenvalue weighted by molar-refractivity contribution is 0.107. The molecule has 0 spiro atoms. The molecule has 0 amide bonds. The molecule has 33 heavy (non-hydrogen) atoms. The van der Waals surface area contributed by atoms with E-state index in [1.807, 2.05) is 36.4 Å². The van der Waals surface area contributed by atoms with E-state index in [9.17, 15) is 12.8 Å². The van der Waals surface area contributed by atoms with E-state index in [0.717, 1.165) is 41.5 Å². The lowest BCUT2D eigenvalue weighted by Gasteiger charge is -2.20. The average molecular weight is 468 g/mol. The Hall–Kier alpha value is -2.74. The molecule has 1 aliphatic heterocycles. The lowest BCUT2D eigenvalue weighted by Crippen LogP contribution is -2.32. The second-order valence-corrected chi connectivity index (χ2v) is 10.5. The number of nitrogens with zero attached hydrogens (tertiary/aromatic N) is 1. The van der Waals surface area contributed by atoms with Crippen LogP contribution in [0.3, 0.4) is 0 Å². The van der Waals surface area contributed by atoms with Crippen molar-refractivity contribution < 1.29 is 22.3 Å². The first-order chi connectivity index (χ1) is 16.0. The Morgan fingerprint density at radius 3 is 2.58 bits per heavy atom. The molecule has 0 bridgehead atoms. The van der Waals surface area contributed by atoms with Crippen molar-refractivity contribution in [3.05, 3.63) is 94.3 Å². The summed E-state index contributed by atoms with van der Waals surface area (Å²) in [6.45, 7) is 1.46. The van der Waals surface area contributed by atoms with Crippen molar-refractivity contribution in [3.8, 4) is 5.75 Å². The fourth-order valence-electron chi connectivity index (χ4n) is 4.49. The van der Waals surface area contributed by atoms with Crippen molar-refractivity contribution in [2.75, 3.05) is 13.2 Å². The first-order valence-corrected chi connectivity index (χ1v) is 12.6. The normalized spacial score (nSPS) is 16.0. The zero-order valence-corrected chi connectivity index (χ0v) is 19.1. The Kier molecular flexibility index (Phi) is 6.19. The molecule has 0 aromatic heterocycles. The van der Waals surface area contributed by atoms with Crippen LogP contribution in [0.1, 0.15) is 34.2 Å². The Morgan fingerprint density at radius 2 is 1.73 bits per heavy atom. The third kappa shape index (κ3) is 4.81. The van der Waals surface area contributed by atoms with Gasteiger partial charge in [0.2, 0.25) is 10.0 Å². The van der Waals surface area contributed by atoms with Gasteiger partial charge in [0.15, 0.2) is 0 Å². The quantitative estimate of drug-likeness (QED) is 0.531. The highest BCUT2D eigenvalue weighted by molar-refractivity contribution is 7.89. The molecule has 3 aromatic rings. The number of halogens is 1. The molecule has 0 N–H and O–H groups in total. The molecule has 0 unspecified atom stereocenters. The van der Waals surface area contributed by atoms with Crippen LogP contribution in [-0.2, 0) is 47.4 Å². The molecule has 2 aliphatic rings.